The van der Waals surface area contributed by atoms with Crippen molar-refractivity contribution in [1.29, 1.82) is 0 Å². The van der Waals surface area contributed by atoms with Crippen LogP contribution in [0.5, 0.6) is 5.75 Å². The van der Waals surface area contributed by atoms with Gasteiger partial charge in [0.2, 0.25) is 5.95 Å². The highest BCUT2D eigenvalue weighted by Crippen LogP contribution is 2.45. The van der Waals surface area contributed by atoms with Gasteiger partial charge in [0.15, 0.2) is 11.6 Å². The fourth-order valence-electron chi connectivity index (χ4n) is 4.42. The molecular weight excluding hydrogens is 412 g/mol. The second-order valence-electron chi connectivity index (χ2n) is 8.84. The van der Waals surface area contributed by atoms with Gasteiger partial charge in [0.1, 0.15) is 11.8 Å². The van der Waals surface area contributed by atoms with E-state index in [-0.39, 0.29) is 17.2 Å². The maximum Gasteiger partial charge on any atom is 0.226 e. The number of nitrogens with one attached hydrogen (secondary N) is 1. The standard InChI is InChI=1S/C24H23ClN4O2/c1-24(2)12-18-20(19(30)13-24)21(14-4-8-16(25)9-5-14)29-23(26-18)27-22(28-29)15-6-10-17(31-3)11-7-15/h4-11,21H,12-13H2,1-3H3,(H,26,27,28)/t21-/m1/s1. The highest BCUT2D eigenvalue weighted by atomic mass is 35.5. The van der Waals surface area contributed by atoms with Gasteiger partial charge in [0.25, 0.3) is 0 Å². The molecule has 2 aliphatic rings. The van der Waals surface area contributed by atoms with Crippen LogP contribution in [-0.2, 0) is 4.79 Å². The number of halogens is 1. The average molecular weight is 435 g/mol. The van der Waals surface area contributed by atoms with Crippen LogP contribution in [0.4, 0.5) is 5.95 Å². The van der Waals surface area contributed by atoms with Gasteiger partial charge in [-0.05, 0) is 53.8 Å². The molecule has 6 nitrogen and oxygen atoms in total. The summed E-state index contributed by atoms with van der Waals surface area (Å²) in [7, 11) is 1.64. The Bertz CT molecular complexity index is 1190. The molecule has 0 amide bonds. The predicted molar refractivity (Wildman–Crippen MR) is 120 cm³/mol. The first kappa shape index (κ1) is 19.8. The smallest absolute Gasteiger partial charge is 0.226 e. The average Bonchev–Trinajstić information content (AvgIpc) is 3.16. The Kier molecular flexibility index (Phi) is 4.63. The van der Waals surface area contributed by atoms with Crippen LogP contribution in [-0.4, -0.2) is 27.7 Å². The molecule has 0 spiro atoms. The number of ketones is 1. The minimum atomic E-state index is -0.341. The van der Waals surface area contributed by atoms with Crippen molar-refractivity contribution in [1.82, 2.24) is 14.8 Å². The van der Waals surface area contributed by atoms with E-state index in [1.54, 1.807) is 7.11 Å². The first-order chi connectivity index (χ1) is 14.8. The molecule has 0 fully saturated rings. The molecule has 1 N–H and O–H groups in total. The molecule has 1 aliphatic heterocycles. The molecule has 158 valence electrons. The van der Waals surface area contributed by atoms with Crippen LogP contribution in [0.1, 0.15) is 38.3 Å². The molecule has 1 aromatic heterocycles. The van der Waals surface area contributed by atoms with Crippen LogP contribution in [0, 0.1) is 5.41 Å². The topological polar surface area (TPSA) is 69.0 Å². The zero-order chi connectivity index (χ0) is 21.8. The Morgan fingerprint density at radius 1 is 1.10 bits per heavy atom. The lowest BCUT2D eigenvalue weighted by molar-refractivity contribution is -0.118. The SMILES string of the molecule is COc1ccc(-c2nc3n(n2)[C@H](c2ccc(Cl)cc2)C2=C(CC(C)(C)CC2=O)N3)cc1. The Balaban J connectivity index is 1.64. The molecule has 0 saturated carbocycles. The normalized spacial score (nSPS) is 19.5. The Labute approximate surface area is 185 Å². The van der Waals surface area contributed by atoms with Gasteiger partial charge >= 0.3 is 0 Å². The number of fused-ring (bicyclic) bond motifs is 1. The number of aromatic nitrogens is 3. The van der Waals surface area contributed by atoms with Gasteiger partial charge in [-0.3, -0.25) is 4.79 Å². The maximum absolute atomic E-state index is 13.3. The van der Waals surface area contributed by atoms with Gasteiger partial charge in [-0.15, -0.1) is 5.10 Å². The van der Waals surface area contributed by atoms with E-state index in [1.165, 1.54) is 0 Å². The minimum absolute atomic E-state index is 0.103. The van der Waals surface area contributed by atoms with Gasteiger partial charge in [-0.25, -0.2) is 4.68 Å². The van der Waals surface area contributed by atoms with E-state index in [2.05, 4.69) is 19.2 Å². The molecule has 31 heavy (non-hydrogen) atoms. The van der Waals surface area contributed by atoms with Gasteiger partial charge in [-0.1, -0.05) is 37.6 Å². The van der Waals surface area contributed by atoms with Crippen molar-refractivity contribution in [3.05, 3.63) is 70.4 Å². The van der Waals surface area contributed by atoms with Crippen molar-refractivity contribution >= 4 is 23.3 Å². The van der Waals surface area contributed by atoms with Crippen LogP contribution >= 0.6 is 11.6 Å². The number of carbonyl (C=O) groups is 1. The van der Waals surface area contributed by atoms with E-state index < -0.39 is 0 Å². The lowest BCUT2D eigenvalue weighted by Gasteiger charge is -2.38. The summed E-state index contributed by atoms with van der Waals surface area (Å²) in [5, 5.41) is 8.86. The van der Waals surface area contributed by atoms with Crippen molar-refractivity contribution in [3.63, 3.8) is 0 Å². The minimum Gasteiger partial charge on any atom is -0.497 e. The largest absolute Gasteiger partial charge is 0.497 e. The van der Waals surface area contributed by atoms with Crippen molar-refractivity contribution in [2.45, 2.75) is 32.7 Å². The molecule has 0 saturated heterocycles. The van der Waals surface area contributed by atoms with E-state index >= 15 is 0 Å². The van der Waals surface area contributed by atoms with Gasteiger partial charge in [-0.2, -0.15) is 4.98 Å². The van der Waals surface area contributed by atoms with Crippen molar-refractivity contribution in [3.8, 4) is 17.1 Å². The number of allylic oxidation sites excluding steroid dienone is 2. The van der Waals surface area contributed by atoms with Crippen LogP contribution in [0.25, 0.3) is 11.4 Å². The van der Waals surface area contributed by atoms with E-state index in [1.807, 2.05) is 53.2 Å². The second kappa shape index (κ2) is 7.24. The Hall–Kier alpha value is -3.12. The number of nitrogens with zero attached hydrogens (tertiary/aromatic N) is 3. The third-order valence-corrected chi connectivity index (χ3v) is 6.12. The molecule has 0 radical (unpaired) electrons. The molecule has 0 unspecified atom stereocenters. The highest BCUT2D eigenvalue weighted by Gasteiger charge is 2.41. The first-order valence-corrected chi connectivity index (χ1v) is 10.6. The lowest BCUT2D eigenvalue weighted by Crippen LogP contribution is -2.36. The van der Waals surface area contributed by atoms with Crippen molar-refractivity contribution < 1.29 is 9.53 Å². The van der Waals surface area contributed by atoms with Crippen LogP contribution in [0.2, 0.25) is 5.02 Å². The summed E-state index contributed by atoms with van der Waals surface area (Å²) in [6.45, 7) is 4.24. The molecule has 0 bridgehead atoms. The monoisotopic (exact) mass is 434 g/mol. The molecule has 2 aromatic carbocycles. The van der Waals surface area contributed by atoms with Crippen LogP contribution in [0.3, 0.4) is 0 Å². The number of ether oxygens (including phenoxy) is 1. The number of anilines is 1. The number of rotatable bonds is 3. The van der Waals surface area contributed by atoms with Crippen LogP contribution in [0.15, 0.2) is 59.8 Å². The number of hydrogen-bond acceptors (Lipinski definition) is 5. The third-order valence-electron chi connectivity index (χ3n) is 5.87. The van der Waals surface area contributed by atoms with Gasteiger partial charge in [0, 0.05) is 28.3 Å². The molecule has 7 heteroatoms. The summed E-state index contributed by atoms with van der Waals surface area (Å²) >= 11 is 6.13. The number of Topliss-reactive ketones (excluding diaryl/α,β-unsaturated/α-hetero) is 1. The van der Waals surface area contributed by atoms with Gasteiger partial charge < -0.3 is 10.1 Å². The van der Waals surface area contributed by atoms with E-state index in [0.717, 1.165) is 34.6 Å². The summed E-state index contributed by atoms with van der Waals surface area (Å²) in [5.41, 5.74) is 3.43. The number of benzene rings is 2. The number of hydrogen-bond donors (Lipinski definition) is 1. The summed E-state index contributed by atoms with van der Waals surface area (Å²) in [6, 6.07) is 14.9. The molecule has 1 atom stereocenters. The number of methoxy groups -OCH3 is 1. The molecule has 3 aromatic rings. The highest BCUT2D eigenvalue weighted by molar-refractivity contribution is 6.30. The summed E-state index contributed by atoms with van der Waals surface area (Å²) in [6.07, 6.45) is 1.29. The third kappa shape index (κ3) is 3.51. The second-order valence-corrected chi connectivity index (χ2v) is 9.28. The molecule has 1 aliphatic carbocycles. The van der Waals surface area contributed by atoms with Gasteiger partial charge in [0.05, 0.1) is 7.11 Å². The van der Waals surface area contributed by atoms with Crippen molar-refractivity contribution in [2.75, 3.05) is 12.4 Å². The van der Waals surface area contributed by atoms with E-state index in [4.69, 9.17) is 26.4 Å². The maximum atomic E-state index is 13.3. The number of carbonyl (C=O) groups excluding carboxylic acids is 1. The Morgan fingerprint density at radius 3 is 2.48 bits per heavy atom. The fourth-order valence-corrected chi connectivity index (χ4v) is 4.55. The summed E-state index contributed by atoms with van der Waals surface area (Å²) in [4.78, 5) is 18.0. The van der Waals surface area contributed by atoms with Crippen LogP contribution < -0.4 is 10.1 Å². The molecule has 2 heterocycles. The summed E-state index contributed by atoms with van der Waals surface area (Å²) < 4.78 is 7.07. The predicted octanol–water partition coefficient (Wildman–Crippen LogP) is 5.27. The molecular formula is C24H23ClN4O2. The quantitative estimate of drug-likeness (QED) is 0.608. The summed E-state index contributed by atoms with van der Waals surface area (Å²) in [5.74, 6) is 2.14. The van der Waals surface area contributed by atoms with Crippen molar-refractivity contribution in [2.24, 2.45) is 5.41 Å². The zero-order valence-electron chi connectivity index (χ0n) is 17.6. The first-order valence-electron chi connectivity index (χ1n) is 10.2. The zero-order valence-corrected chi connectivity index (χ0v) is 18.4. The molecule has 5 rings (SSSR count). The Morgan fingerprint density at radius 2 is 1.81 bits per heavy atom. The van der Waals surface area contributed by atoms with E-state index in [9.17, 15) is 4.79 Å². The lowest BCUT2D eigenvalue weighted by atomic mass is 9.73. The fraction of sp³-hybridized carbons (Fsp3) is 0.292. The van der Waals surface area contributed by atoms with E-state index in [0.29, 0.717) is 23.2 Å².